The van der Waals surface area contributed by atoms with Crippen LogP contribution in [0.2, 0.25) is 0 Å². The van der Waals surface area contributed by atoms with Gasteiger partial charge in [0.15, 0.2) is 0 Å². The van der Waals surface area contributed by atoms with Crippen molar-refractivity contribution in [2.75, 3.05) is 13.2 Å². The first kappa shape index (κ1) is 16.9. The predicted octanol–water partition coefficient (Wildman–Crippen LogP) is 3.87. The van der Waals surface area contributed by atoms with Gasteiger partial charge in [0, 0.05) is 6.61 Å². The highest BCUT2D eigenvalue weighted by Gasteiger charge is 2.22. The van der Waals surface area contributed by atoms with Gasteiger partial charge in [0.1, 0.15) is 0 Å². The molecule has 104 valence electrons. The maximum atomic E-state index is 9.40. The van der Waals surface area contributed by atoms with E-state index >= 15 is 0 Å². The molecule has 0 aliphatic rings. The van der Waals surface area contributed by atoms with Crippen molar-refractivity contribution in [2.45, 2.75) is 66.9 Å². The first-order valence-corrected chi connectivity index (χ1v) is 7.02. The van der Waals surface area contributed by atoms with E-state index in [9.17, 15) is 5.11 Å². The van der Waals surface area contributed by atoms with Crippen LogP contribution in [0.5, 0.6) is 0 Å². The Morgan fingerprint density at radius 1 is 1.06 bits per heavy atom. The summed E-state index contributed by atoms with van der Waals surface area (Å²) in [6, 6.07) is 0. The number of ether oxygens (including phenoxy) is 1. The fourth-order valence-corrected chi connectivity index (χ4v) is 2.71. The van der Waals surface area contributed by atoms with Crippen LogP contribution < -0.4 is 0 Å². The van der Waals surface area contributed by atoms with Crippen LogP contribution in [0, 0.1) is 17.3 Å². The Morgan fingerprint density at radius 2 is 1.65 bits per heavy atom. The van der Waals surface area contributed by atoms with Crippen LogP contribution in [0.3, 0.4) is 0 Å². The average Bonchev–Trinajstić information content (AvgIpc) is 2.14. The molecule has 1 N–H and O–H groups in total. The first-order chi connectivity index (χ1) is 7.76. The Morgan fingerprint density at radius 3 is 2.12 bits per heavy atom. The normalized spacial score (nSPS) is 16.2. The van der Waals surface area contributed by atoms with Crippen molar-refractivity contribution in [1.29, 1.82) is 0 Å². The Balaban J connectivity index is 3.80. The predicted molar refractivity (Wildman–Crippen MR) is 74.1 cm³/mol. The maximum Gasteiger partial charge on any atom is 0.0771 e. The summed E-state index contributed by atoms with van der Waals surface area (Å²) in [5.74, 6) is 1.31. The molecule has 0 heterocycles. The Hall–Kier alpha value is -0.0800. The van der Waals surface area contributed by atoms with Crippen molar-refractivity contribution in [1.82, 2.24) is 0 Å². The van der Waals surface area contributed by atoms with Gasteiger partial charge in [-0.15, -0.1) is 0 Å². The minimum absolute atomic E-state index is 0.300. The van der Waals surface area contributed by atoms with Gasteiger partial charge in [-0.25, -0.2) is 0 Å². The lowest BCUT2D eigenvalue weighted by atomic mass is 9.77. The quantitative estimate of drug-likeness (QED) is 0.667. The smallest absolute Gasteiger partial charge is 0.0771 e. The highest BCUT2D eigenvalue weighted by molar-refractivity contribution is 4.73. The molecule has 0 bridgehead atoms. The molecule has 0 amide bonds. The lowest BCUT2D eigenvalue weighted by Crippen LogP contribution is -2.22. The van der Waals surface area contributed by atoms with Crippen molar-refractivity contribution in [3.05, 3.63) is 0 Å². The number of aliphatic hydroxyl groups is 1. The van der Waals surface area contributed by atoms with Crippen LogP contribution in [0.15, 0.2) is 0 Å². The summed E-state index contributed by atoms with van der Waals surface area (Å²) in [4.78, 5) is 0. The lowest BCUT2D eigenvalue weighted by Gasteiger charge is -2.30. The largest absolute Gasteiger partial charge is 0.391 e. The van der Waals surface area contributed by atoms with Crippen LogP contribution in [0.1, 0.15) is 60.8 Å². The second-order valence-corrected chi connectivity index (χ2v) is 6.67. The van der Waals surface area contributed by atoms with Crippen molar-refractivity contribution < 1.29 is 9.84 Å². The van der Waals surface area contributed by atoms with E-state index in [2.05, 4.69) is 34.6 Å². The van der Waals surface area contributed by atoms with Gasteiger partial charge in [0.05, 0.1) is 12.7 Å². The fraction of sp³-hybridized carbons (Fsp3) is 1.00. The molecular weight excluding hydrogens is 212 g/mol. The number of aliphatic hydroxyl groups excluding tert-OH is 1. The molecule has 0 saturated heterocycles. The van der Waals surface area contributed by atoms with Gasteiger partial charge in [-0.1, -0.05) is 41.5 Å². The summed E-state index contributed by atoms with van der Waals surface area (Å²) in [5.41, 5.74) is 0.389. The van der Waals surface area contributed by atoms with Crippen LogP contribution in [-0.4, -0.2) is 24.4 Å². The standard InChI is InChI=1S/C15H32O2/c1-7-14(16)11-17-10-13(4)9-15(5,6)8-12(2)3/h12-14,16H,7-11H2,1-6H3. The summed E-state index contributed by atoms with van der Waals surface area (Å²) >= 11 is 0. The number of hydrogen-bond donors (Lipinski definition) is 1. The minimum atomic E-state index is -0.300. The van der Waals surface area contributed by atoms with Crippen LogP contribution in [-0.2, 0) is 4.74 Å². The van der Waals surface area contributed by atoms with E-state index in [-0.39, 0.29) is 6.10 Å². The SMILES string of the molecule is CCC(O)COCC(C)CC(C)(C)CC(C)C. The maximum absolute atomic E-state index is 9.40. The van der Waals surface area contributed by atoms with Crippen LogP contribution in [0.25, 0.3) is 0 Å². The Kier molecular flexibility index (Phi) is 8.06. The van der Waals surface area contributed by atoms with Gasteiger partial charge >= 0.3 is 0 Å². The highest BCUT2D eigenvalue weighted by atomic mass is 16.5. The van der Waals surface area contributed by atoms with Crippen molar-refractivity contribution in [3.8, 4) is 0 Å². The van der Waals surface area contributed by atoms with Crippen LogP contribution >= 0.6 is 0 Å². The third-order valence-electron chi connectivity index (χ3n) is 3.05. The first-order valence-electron chi connectivity index (χ1n) is 7.02. The molecule has 0 aromatic heterocycles. The summed E-state index contributed by atoms with van der Waals surface area (Å²) in [6.07, 6.45) is 2.92. The molecule has 2 atom stereocenters. The van der Waals surface area contributed by atoms with Gasteiger partial charge in [-0.2, -0.15) is 0 Å². The molecule has 0 aromatic carbocycles. The van der Waals surface area contributed by atoms with Crippen LogP contribution in [0.4, 0.5) is 0 Å². The molecule has 2 nitrogen and oxygen atoms in total. The van der Waals surface area contributed by atoms with Crippen molar-refractivity contribution >= 4 is 0 Å². The third-order valence-corrected chi connectivity index (χ3v) is 3.05. The summed E-state index contributed by atoms with van der Waals surface area (Å²) in [6.45, 7) is 14.7. The average molecular weight is 244 g/mol. The van der Waals surface area contributed by atoms with Gasteiger partial charge in [-0.3, -0.25) is 0 Å². The lowest BCUT2D eigenvalue weighted by molar-refractivity contribution is 0.0149. The summed E-state index contributed by atoms with van der Waals surface area (Å²) < 4.78 is 5.55. The molecule has 2 unspecified atom stereocenters. The van der Waals surface area contributed by atoms with Crippen molar-refractivity contribution in [2.24, 2.45) is 17.3 Å². The van der Waals surface area contributed by atoms with Gasteiger partial charge in [0.2, 0.25) is 0 Å². The van der Waals surface area contributed by atoms with E-state index in [1.807, 2.05) is 6.92 Å². The minimum Gasteiger partial charge on any atom is -0.391 e. The second kappa shape index (κ2) is 8.10. The van der Waals surface area contributed by atoms with E-state index in [1.165, 1.54) is 12.8 Å². The molecule has 0 radical (unpaired) electrons. The summed E-state index contributed by atoms with van der Waals surface area (Å²) in [5, 5.41) is 9.40. The number of hydrogen-bond acceptors (Lipinski definition) is 2. The third kappa shape index (κ3) is 9.61. The van der Waals surface area contributed by atoms with E-state index in [1.54, 1.807) is 0 Å². The van der Waals surface area contributed by atoms with E-state index in [0.29, 0.717) is 17.9 Å². The summed E-state index contributed by atoms with van der Waals surface area (Å²) in [7, 11) is 0. The van der Waals surface area contributed by atoms with Gasteiger partial charge in [-0.05, 0) is 36.5 Å². The molecule has 0 rings (SSSR count). The molecule has 0 spiro atoms. The molecule has 0 aliphatic heterocycles. The van der Waals surface area contributed by atoms with E-state index in [4.69, 9.17) is 4.74 Å². The fourth-order valence-electron chi connectivity index (χ4n) is 2.71. The van der Waals surface area contributed by atoms with Gasteiger partial charge < -0.3 is 9.84 Å². The van der Waals surface area contributed by atoms with Gasteiger partial charge in [0.25, 0.3) is 0 Å². The highest BCUT2D eigenvalue weighted by Crippen LogP contribution is 2.32. The topological polar surface area (TPSA) is 29.5 Å². The van der Waals surface area contributed by atoms with E-state index < -0.39 is 0 Å². The second-order valence-electron chi connectivity index (χ2n) is 6.67. The molecule has 0 fully saturated rings. The molecule has 2 heteroatoms. The Labute approximate surface area is 108 Å². The molecule has 0 aliphatic carbocycles. The molecule has 17 heavy (non-hydrogen) atoms. The zero-order valence-electron chi connectivity index (χ0n) is 12.6. The molecule has 0 aromatic rings. The number of rotatable bonds is 9. The zero-order valence-corrected chi connectivity index (χ0v) is 12.6. The monoisotopic (exact) mass is 244 g/mol. The van der Waals surface area contributed by atoms with E-state index in [0.717, 1.165) is 18.9 Å². The van der Waals surface area contributed by atoms with Crippen molar-refractivity contribution in [3.63, 3.8) is 0 Å². The molecular formula is C15H32O2. The zero-order chi connectivity index (χ0) is 13.5. The Bertz CT molecular complexity index is 187. The molecule has 0 saturated carbocycles.